The smallest absolute Gasteiger partial charge is 0.456 e. The number of carbonyl (C=O) groups excluding carboxylic acids is 1. The number of hydrogen-bond donors (Lipinski definition) is 0. The topological polar surface area (TPSA) is 26.3 Å². The van der Waals surface area contributed by atoms with Gasteiger partial charge < -0.3 is 4.74 Å². The second-order valence-corrected chi connectivity index (χ2v) is 9.41. The van der Waals surface area contributed by atoms with Gasteiger partial charge in [-0.25, -0.2) is 4.79 Å². The first-order chi connectivity index (χ1) is 14.8. The fourth-order valence-corrected chi connectivity index (χ4v) is 5.24. The van der Waals surface area contributed by atoms with Crippen LogP contribution < -0.4 is 0 Å². The zero-order chi connectivity index (χ0) is 22.3. The number of rotatable bonds is 8. The molecule has 3 rings (SSSR count). The lowest BCUT2D eigenvalue weighted by Crippen LogP contribution is -2.32. The summed E-state index contributed by atoms with van der Waals surface area (Å²) in [7, 11) is 0. The third-order valence-electron chi connectivity index (χ3n) is 7.22. The Labute approximate surface area is 184 Å². The van der Waals surface area contributed by atoms with Crippen LogP contribution in [0, 0.1) is 11.8 Å². The van der Waals surface area contributed by atoms with Crippen molar-refractivity contribution in [2.24, 2.45) is 11.8 Å². The number of halogens is 3. The van der Waals surface area contributed by atoms with Gasteiger partial charge in [0.15, 0.2) is 0 Å². The van der Waals surface area contributed by atoms with Gasteiger partial charge in [-0.05, 0) is 93.1 Å². The van der Waals surface area contributed by atoms with Crippen LogP contribution in [0.2, 0.25) is 0 Å². The Morgan fingerprint density at radius 1 is 0.935 bits per heavy atom. The van der Waals surface area contributed by atoms with Crippen LogP contribution in [0.3, 0.4) is 0 Å². The number of allylic oxidation sites excluding steroid dienone is 1. The molecule has 31 heavy (non-hydrogen) atoms. The normalized spacial score (nSPS) is 26.9. The average molecular weight is 437 g/mol. The van der Waals surface area contributed by atoms with Gasteiger partial charge in [-0.1, -0.05) is 43.2 Å². The summed E-state index contributed by atoms with van der Waals surface area (Å²) in [6.45, 7) is 3.78. The molecule has 0 N–H and O–H groups in total. The molecule has 172 valence electrons. The van der Waals surface area contributed by atoms with Crippen LogP contribution in [0.25, 0.3) is 0 Å². The molecule has 0 amide bonds. The number of ether oxygens (including phenoxy) is 1. The molecular formula is C26H35F3O2. The van der Waals surface area contributed by atoms with Crippen molar-refractivity contribution < 1.29 is 22.7 Å². The van der Waals surface area contributed by atoms with Gasteiger partial charge in [-0.3, -0.25) is 0 Å². The van der Waals surface area contributed by atoms with E-state index in [9.17, 15) is 18.0 Å². The Morgan fingerprint density at radius 3 is 2.00 bits per heavy atom. The van der Waals surface area contributed by atoms with Crippen LogP contribution in [0.5, 0.6) is 0 Å². The van der Waals surface area contributed by atoms with Crippen LogP contribution in [0.15, 0.2) is 36.9 Å². The second-order valence-electron chi connectivity index (χ2n) is 9.41. The molecule has 5 heteroatoms. The SMILES string of the molecule is C=CCCc1ccc(C2CCC(CCC3CCC(OC(=O)C(F)(F)F)CC3)CC2)cc1. The summed E-state index contributed by atoms with van der Waals surface area (Å²) in [5.41, 5.74) is 2.84. The predicted molar refractivity (Wildman–Crippen MR) is 117 cm³/mol. The van der Waals surface area contributed by atoms with Crippen LogP contribution >= 0.6 is 0 Å². The summed E-state index contributed by atoms with van der Waals surface area (Å²) < 4.78 is 41.6. The highest BCUT2D eigenvalue weighted by molar-refractivity contribution is 5.75. The van der Waals surface area contributed by atoms with Gasteiger partial charge in [0.05, 0.1) is 0 Å². The minimum atomic E-state index is -4.89. The van der Waals surface area contributed by atoms with Crippen molar-refractivity contribution in [3.8, 4) is 0 Å². The van der Waals surface area contributed by atoms with E-state index in [1.807, 2.05) is 6.08 Å². The van der Waals surface area contributed by atoms with E-state index in [1.54, 1.807) is 0 Å². The summed E-state index contributed by atoms with van der Waals surface area (Å²) in [5, 5.41) is 0. The van der Waals surface area contributed by atoms with Gasteiger partial charge in [0.1, 0.15) is 6.10 Å². The van der Waals surface area contributed by atoms with E-state index >= 15 is 0 Å². The molecule has 1 aromatic rings. The first-order valence-corrected chi connectivity index (χ1v) is 11.8. The molecule has 0 radical (unpaired) electrons. The Bertz CT molecular complexity index is 694. The molecule has 0 atom stereocenters. The van der Waals surface area contributed by atoms with Crippen molar-refractivity contribution in [3.63, 3.8) is 0 Å². The maximum Gasteiger partial charge on any atom is 0.490 e. The Hall–Kier alpha value is -1.78. The van der Waals surface area contributed by atoms with E-state index in [0.29, 0.717) is 24.7 Å². The lowest BCUT2D eigenvalue weighted by Gasteiger charge is -2.32. The quantitative estimate of drug-likeness (QED) is 0.311. The fraction of sp³-hybridized carbons (Fsp3) is 0.654. The number of esters is 1. The molecule has 2 fully saturated rings. The van der Waals surface area contributed by atoms with Crippen molar-refractivity contribution in [1.29, 1.82) is 0 Å². The summed E-state index contributed by atoms with van der Waals surface area (Å²) in [6.07, 6.45) is 8.82. The number of hydrogen-bond acceptors (Lipinski definition) is 2. The molecule has 0 aliphatic heterocycles. The van der Waals surface area contributed by atoms with E-state index in [1.165, 1.54) is 43.2 Å². The van der Waals surface area contributed by atoms with Gasteiger partial charge in [0.25, 0.3) is 0 Å². The fourth-order valence-electron chi connectivity index (χ4n) is 5.24. The largest absolute Gasteiger partial charge is 0.490 e. The standard InChI is InChI=1S/C26H35F3O2/c1-2-3-4-19-7-13-22(14-8-19)23-15-9-20(10-16-23)5-6-21-11-17-24(18-12-21)31-25(30)26(27,28)29/h2,7-8,13-14,20-21,23-24H,1,3-6,9-12,15-18H2. The highest BCUT2D eigenvalue weighted by Gasteiger charge is 2.42. The van der Waals surface area contributed by atoms with Crippen LogP contribution in [0.1, 0.15) is 87.7 Å². The number of alkyl halides is 3. The molecule has 2 nitrogen and oxygen atoms in total. The van der Waals surface area contributed by atoms with Crippen molar-refractivity contribution >= 4 is 5.97 Å². The third kappa shape index (κ3) is 7.40. The van der Waals surface area contributed by atoms with E-state index in [-0.39, 0.29) is 0 Å². The first kappa shape index (κ1) is 23.9. The van der Waals surface area contributed by atoms with Crippen molar-refractivity contribution in [1.82, 2.24) is 0 Å². The summed E-state index contributed by atoms with van der Waals surface area (Å²) in [4.78, 5) is 11.0. The maximum absolute atomic E-state index is 12.3. The van der Waals surface area contributed by atoms with Gasteiger partial charge >= 0.3 is 12.1 Å². The molecule has 0 aromatic heterocycles. The average Bonchev–Trinajstić information content (AvgIpc) is 2.77. The Kier molecular flexibility index (Phi) is 8.62. The molecule has 2 saturated carbocycles. The molecule has 1 aromatic carbocycles. The summed E-state index contributed by atoms with van der Waals surface area (Å²) in [5.74, 6) is -0.0480. The van der Waals surface area contributed by atoms with E-state index < -0.39 is 18.2 Å². The maximum atomic E-state index is 12.3. The summed E-state index contributed by atoms with van der Waals surface area (Å²) >= 11 is 0. The molecule has 2 aliphatic carbocycles. The molecule has 2 aliphatic rings. The van der Waals surface area contributed by atoms with Crippen molar-refractivity contribution in [2.75, 3.05) is 0 Å². The molecular weight excluding hydrogens is 401 g/mol. The minimum Gasteiger partial charge on any atom is -0.456 e. The third-order valence-corrected chi connectivity index (χ3v) is 7.22. The lowest BCUT2D eigenvalue weighted by atomic mass is 9.75. The molecule has 0 spiro atoms. The second kappa shape index (κ2) is 11.2. The van der Waals surface area contributed by atoms with Crippen LogP contribution in [-0.2, 0) is 16.0 Å². The van der Waals surface area contributed by atoms with Gasteiger partial charge in [0.2, 0.25) is 0 Å². The first-order valence-electron chi connectivity index (χ1n) is 11.8. The Morgan fingerprint density at radius 2 is 1.48 bits per heavy atom. The molecule has 0 saturated heterocycles. The van der Waals surface area contributed by atoms with Crippen molar-refractivity contribution in [2.45, 2.75) is 95.2 Å². The monoisotopic (exact) mass is 436 g/mol. The predicted octanol–water partition coefficient (Wildman–Crippen LogP) is 7.52. The zero-order valence-electron chi connectivity index (χ0n) is 18.3. The van der Waals surface area contributed by atoms with Gasteiger partial charge in [-0.15, -0.1) is 6.58 Å². The Balaban J connectivity index is 1.33. The lowest BCUT2D eigenvalue weighted by molar-refractivity contribution is -0.206. The summed E-state index contributed by atoms with van der Waals surface area (Å²) in [6, 6.07) is 9.11. The van der Waals surface area contributed by atoms with Crippen LogP contribution in [0.4, 0.5) is 13.2 Å². The number of carbonyl (C=O) groups is 1. The number of benzene rings is 1. The number of aryl methyl sites for hydroxylation is 1. The highest BCUT2D eigenvalue weighted by atomic mass is 19.4. The van der Waals surface area contributed by atoms with Gasteiger partial charge in [-0.2, -0.15) is 13.2 Å². The van der Waals surface area contributed by atoms with Crippen LogP contribution in [-0.4, -0.2) is 18.2 Å². The van der Waals surface area contributed by atoms with Gasteiger partial charge in [0, 0.05) is 0 Å². The van der Waals surface area contributed by atoms with E-state index in [4.69, 9.17) is 0 Å². The molecule has 0 unspecified atom stereocenters. The highest BCUT2D eigenvalue weighted by Crippen LogP contribution is 2.39. The minimum absolute atomic E-state index is 0.557. The molecule has 0 bridgehead atoms. The zero-order valence-corrected chi connectivity index (χ0v) is 18.3. The van der Waals surface area contributed by atoms with Crippen molar-refractivity contribution in [3.05, 3.63) is 48.0 Å². The molecule has 0 heterocycles. The van der Waals surface area contributed by atoms with E-state index in [2.05, 4.69) is 35.6 Å². The van der Waals surface area contributed by atoms with E-state index in [0.717, 1.165) is 38.0 Å².